The van der Waals surface area contributed by atoms with Gasteiger partial charge in [0.25, 0.3) is 0 Å². The minimum atomic E-state index is -0.744. The van der Waals surface area contributed by atoms with Crippen molar-refractivity contribution < 1.29 is 27.7 Å². The molecule has 2 heterocycles. The van der Waals surface area contributed by atoms with E-state index < -0.39 is 10.8 Å². The van der Waals surface area contributed by atoms with E-state index in [2.05, 4.69) is 260 Å². The van der Waals surface area contributed by atoms with Crippen molar-refractivity contribution in [2.24, 2.45) is 10.8 Å². The molecule has 2 fully saturated rings. The molecule has 2 saturated heterocycles. The van der Waals surface area contributed by atoms with E-state index in [4.69, 9.17) is 18.9 Å². The Bertz CT molecular complexity index is 4670. The zero-order valence-electron chi connectivity index (χ0n) is 56.3. The molecule has 12 aromatic carbocycles. The van der Waals surface area contributed by atoms with Crippen LogP contribution in [0.1, 0.15) is 93.5 Å². The molecule has 98 heavy (non-hydrogen) atoms. The molecular weight excluding hydrogens is 1210 g/mol. The molecule has 0 saturated carbocycles. The van der Waals surface area contributed by atoms with Crippen LogP contribution >= 0.6 is 0 Å². The Morgan fingerprint density at radius 3 is 1.07 bits per heavy atom. The van der Waals surface area contributed by atoms with Gasteiger partial charge in [-0.25, -0.2) is 8.78 Å². The topological polar surface area (TPSA) is 43.4 Å². The Balaban J connectivity index is 0.772. The molecule has 2 aliphatic heterocycles. The molecule has 486 valence electrons. The van der Waals surface area contributed by atoms with Crippen LogP contribution < -0.4 is 19.3 Å². The minimum absolute atomic E-state index is 0.0390. The number of hydrogen-bond donors (Lipinski definition) is 0. The average molecular weight is 1290 g/mol. The zero-order valence-corrected chi connectivity index (χ0v) is 56.3. The van der Waals surface area contributed by atoms with Gasteiger partial charge in [0.15, 0.2) is 0 Å². The fourth-order valence-electron chi connectivity index (χ4n) is 16.0. The summed E-state index contributed by atoms with van der Waals surface area (Å²) < 4.78 is 57.9. The van der Waals surface area contributed by atoms with Gasteiger partial charge in [0.2, 0.25) is 0 Å². The first-order chi connectivity index (χ1) is 47.8. The van der Waals surface area contributed by atoms with Gasteiger partial charge in [0, 0.05) is 22.7 Å². The SMILES string of the molecule is CCC1(COc2ccc(C3(c4cc(C)ccc4C)c4ccccc4-c4ccc(N(c5ccc(-c6ccc(N(c7ccc8c(c7)C(c7ccc(OCC9(CC)COC9)cc7)(c7cc(C)ccc7C)c7ccccc7-8)c7ccccc7F)cc6)cc5)c5ccccc5F)cc43)cc2)COC1. The number of anilines is 6. The van der Waals surface area contributed by atoms with Gasteiger partial charge in [0.05, 0.1) is 72.7 Å². The van der Waals surface area contributed by atoms with Gasteiger partial charge < -0.3 is 28.7 Å². The van der Waals surface area contributed by atoms with Gasteiger partial charge in [-0.3, -0.25) is 0 Å². The van der Waals surface area contributed by atoms with Crippen LogP contribution in [-0.4, -0.2) is 39.6 Å². The molecule has 0 aromatic heterocycles. The second-order valence-electron chi connectivity index (χ2n) is 27.7. The first-order valence-electron chi connectivity index (χ1n) is 34.4. The molecule has 0 N–H and O–H groups in total. The highest BCUT2D eigenvalue weighted by molar-refractivity contribution is 5.92. The molecular formula is C90H78F2N2O4. The van der Waals surface area contributed by atoms with Crippen molar-refractivity contribution in [1.29, 1.82) is 0 Å². The molecule has 2 atom stereocenters. The Labute approximate surface area is 574 Å². The van der Waals surface area contributed by atoms with Crippen LogP contribution in [0, 0.1) is 50.2 Å². The van der Waals surface area contributed by atoms with E-state index in [-0.39, 0.29) is 22.5 Å². The third-order valence-electron chi connectivity index (χ3n) is 21.7. The number of ether oxygens (including phenoxy) is 4. The monoisotopic (exact) mass is 1290 g/mol. The summed E-state index contributed by atoms with van der Waals surface area (Å²) in [7, 11) is 0. The Hall–Kier alpha value is -10.4. The van der Waals surface area contributed by atoms with Crippen LogP contribution in [0.3, 0.4) is 0 Å². The van der Waals surface area contributed by atoms with Crippen LogP contribution in [-0.2, 0) is 20.3 Å². The molecule has 0 spiro atoms. The van der Waals surface area contributed by atoms with E-state index in [1.54, 1.807) is 12.1 Å². The average Bonchev–Trinajstić information content (AvgIpc) is 1.53. The van der Waals surface area contributed by atoms with E-state index in [1.165, 1.54) is 45.5 Å². The molecule has 12 aromatic rings. The summed E-state index contributed by atoms with van der Waals surface area (Å²) in [5.74, 6) is 0.966. The summed E-state index contributed by atoms with van der Waals surface area (Å²) >= 11 is 0. The summed E-state index contributed by atoms with van der Waals surface area (Å²) in [6.07, 6.45) is 1.99. The van der Waals surface area contributed by atoms with Gasteiger partial charge in [-0.15, -0.1) is 0 Å². The van der Waals surface area contributed by atoms with Crippen molar-refractivity contribution >= 4 is 34.1 Å². The summed E-state index contributed by atoms with van der Waals surface area (Å²) in [4.78, 5) is 4.08. The van der Waals surface area contributed by atoms with Crippen LogP contribution in [0.2, 0.25) is 0 Å². The van der Waals surface area contributed by atoms with Gasteiger partial charge >= 0.3 is 0 Å². The summed E-state index contributed by atoms with van der Waals surface area (Å²) in [6, 6.07) is 92.5. The van der Waals surface area contributed by atoms with Crippen molar-refractivity contribution in [2.75, 3.05) is 49.4 Å². The first kappa shape index (κ1) is 62.4. The molecule has 2 aliphatic carbocycles. The molecule has 16 rings (SSSR count). The van der Waals surface area contributed by atoms with Gasteiger partial charge in [-0.2, -0.15) is 0 Å². The third kappa shape index (κ3) is 10.3. The Kier molecular flexibility index (Phi) is 15.9. The first-order valence-corrected chi connectivity index (χ1v) is 34.4. The predicted octanol–water partition coefficient (Wildman–Crippen LogP) is 22.1. The van der Waals surface area contributed by atoms with Crippen molar-refractivity contribution in [2.45, 2.75) is 65.2 Å². The number of rotatable bonds is 19. The number of nitrogens with zero attached hydrogens (tertiary/aromatic N) is 2. The highest BCUT2D eigenvalue weighted by Crippen LogP contribution is 2.61. The predicted molar refractivity (Wildman–Crippen MR) is 393 cm³/mol. The summed E-state index contributed by atoms with van der Waals surface area (Å²) in [5, 5.41) is 0. The Morgan fingerprint density at radius 2 is 0.704 bits per heavy atom. The van der Waals surface area contributed by atoms with Crippen LogP contribution in [0.4, 0.5) is 42.9 Å². The fraction of sp³-hybridized carbons (Fsp3) is 0.200. The van der Waals surface area contributed by atoms with Crippen LogP contribution in [0.25, 0.3) is 33.4 Å². The van der Waals surface area contributed by atoms with Crippen molar-refractivity contribution in [1.82, 2.24) is 0 Å². The maximum absolute atomic E-state index is 16.8. The van der Waals surface area contributed by atoms with Gasteiger partial charge in [0.1, 0.15) is 23.1 Å². The van der Waals surface area contributed by atoms with E-state index >= 15 is 8.78 Å². The quantitative estimate of drug-likeness (QED) is 0.0804. The van der Waals surface area contributed by atoms with Crippen molar-refractivity contribution in [3.8, 4) is 44.9 Å². The fourth-order valence-corrected chi connectivity index (χ4v) is 16.0. The molecule has 6 nitrogen and oxygen atoms in total. The summed E-state index contributed by atoms with van der Waals surface area (Å²) in [6.45, 7) is 17.2. The number of hydrogen-bond acceptors (Lipinski definition) is 6. The van der Waals surface area contributed by atoms with Crippen LogP contribution in [0.5, 0.6) is 11.5 Å². The van der Waals surface area contributed by atoms with Crippen molar-refractivity contribution in [3.63, 3.8) is 0 Å². The van der Waals surface area contributed by atoms with Crippen molar-refractivity contribution in [3.05, 3.63) is 345 Å². The highest BCUT2D eigenvalue weighted by Gasteiger charge is 2.50. The third-order valence-corrected chi connectivity index (χ3v) is 21.7. The van der Waals surface area contributed by atoms with E-state index in [1.807, 2.05) is 34.1 Å². The lowest BCUT2D eigenvalue weighted by atomic mass is 9.66. The number of fused-ring (bicyclic) bond motifs is 6. The molecule has 0 amide bonds. The second-order valence-corrected chi connectivity index (χ2v) is 27.7. The smallest absolute Gasteiger partial charge is 0.147 e. The molecule has 0 bridgehead atoms. The van der Waals surface area contributed by atoms with Gasteiger partial charge in [-0.1, -0.05) is 195 Å². The van der Waals surface area contributed by atoms with E-state index in [9.17, 15) is 0 Å². The number of benzene rings is 12. The van der Waals surface area contributed by atoms with Crippen LogP contribution in [0.15, 0.2) is 267 Å². The zero-order chi connectivity index (χ0) is 66.9. The lowest BCUT2D eigenvalue weighted by Gasteiger charge is -2.40. The standard InChI is InChI=1S/C90H78F2N2O4/c1-7-87(53-95-54-87)57-97-71-43-33-65(34-44-71)89(79-49-59(3)25-27-61(79)5)77-19-11-9-17-73(77)75-47-41-69(51-81(75)89)93(85-23-15-13-21-83(85)91)67-37-29-63(30-38-67)64-31-39-68(40-32-64)94(86-24-16-14-22-84(86)92)70-42-48-76-74-18-10-12-20-78(74)90(82(76)52-70,80-50-60(4)26-28-62(80)6)66-35-45-72(46-36-66)98-58-88(8-2)55-96-56-88/h9-52H,7-8,53-58H2,1-6H3. The molecule has 2 unspecified atom stereocenters. The molecule has 4 aliphatic rings. The lowest BCUT2D eigenvalue weighted by molar-refractivity contribution is -0.133. The number of aryl methyl sites for hydroxylation is 4. The molecule has 0 radical (unpaired) electrons. The number of halogens is 2. The molecule has 8 heteroatoms. The second kappa shape index (κ2) is 24.9. The van der Waals surface area contributed by atoms with Gasteiger partial charge in [-0.05, 0) is 227 Å². The largest absolute Gasteiger partial charge is 0.493 e. The van der Waals surface area contributed by atoms with E-state index in [0.717, 1.165) is 114 Å². The minimum Gasteiger partial charge on any atom is -0.493 e. The highest BCUT2D eigenvalue weighted by atomic mass is 19.1. The number of para-hydroxylation sites is 2. The lowest BCUT2D eigenvalue weighted by Crippen LogP contribution is -2.46. The summed E-state index contributed by atoms with van der Waals surface area (Å²) in [5.41, 5.74) is 23.0. The Morgan fingerprint density at radius 1 is 0.347 bits per heavy atom. The normalized spacial score (nSPS) is 17.3. The van der Waals surface area contributed by atoms with E-state index in [0.29, 0.717) is 51.0 Å². The maximum atomic E-state index is 16.8. The maximum Gasteiger partial charge on any atom is 0.147 e.